The Morgan fingerprint density at radius 1 is 0.933 bits per heavy atom. The number of carbonyl (C=O) groups excluding carboxylic acids is 1. The first kappa shape index (κ1) is 23.2. The van der Waals surface area contributed by atoms with Gasteiger partial charge in [0.1, 0.15) is 5.75 Å². The standard InChI is InChI=1S/C26H31NO3/c1-2-3-4-5-6-7-8-9-10-11-20-30-26(29)23-14-12-22(13-15-23)21-27-24-16-18-25(28)19-17-24/h12-19,21,28H,2,5-11,20H2,1H3. The van der Waals surface area contributed by atoms with Crippen LogP contribution < -0.4 is 0 Å². The van der Waals surface area contributed by atoms with Crippen molar-refractivity contribution in [2.24, 2.45) is 4.99 Å². The van der Waals surface area contributed by atoms with Gasteiger partial charge in [-0.25, -0.2) is 4.79 Å². The van der Waals surface area contributed by atoms with Gasteiger partial charge in [-0.15, -0.1) is 11.8 Å². The molecule has 4 nitrogen and oxygen atoms in total. The number of benzene rings is 2. The van der Waals surface area contributed by atoms with E-state index in [0.29, 0.717) is 12.2 Å². The summed E-state index contributed by atoms with van der Waals surface area (Å²) < 4.78 is 5.37. The van der Waals surface area contributed by atoms with E-state index in [1.807, 2.05) is 12.1 Å². The molecule has 0 atom stereocenters. The van der Waals surface area contributed by atoms with Crippen molar-refractivity contribution in [1.29, 1.82) is 0 Å². The first-order valence-corrected chi connectivity index (χ1v) is 10.7. The van der Waals surface area contributed by atoms with Crippen molar-refractivity contribution in [2.75, 3.05) is 6.61 Å². The topological polar surface area (TPSA) is 58.9 Å². The lowest BCUT2D eigenvalue weighted by Gasteiger charge is -2.05. The normalized spacial score (nSPS) is 10.6. The molecule has 1 N–H and O–H groups in total. The molecule has 0 radical (unpaired) electrons. The molecule has 30 heavy (non-hydrogen) atoms. The smallest absolute Gasteiger partial charge is 0.338 e. The lowest BCUT2D eigenvalue weighted by Crippen LogP contribution is -2.06. The summed E-state index contributed by atoms with van der Waals surface area (Å²) in [7, 11) is 0. The van der Waals surface area contributed by atoms with Crippen LogP contribution in [-0.4, -0.2) is 23.9 Å². The number of unbranched alkanes of at least 4 members (excludes halogenated alkanes) is 6. The van der Waals surface area contributed by atoms with Crippen molar-refractivity contribution >= 4 is 17.9 Å². The molecular formula is C26H31NO3. The van der Waals surface area contributed by atoms with E-state index in [2.05, 4.69) is 23.8 Å². The van der Waals surface area contributed by atoms with Gasteiger partial charge in [0, 0.05) is 19.1 Å². The number of hydrogen-bond acceptors (Lipinski definition) is 4. The summed E-state index contributed by atoms with van der Waals surface area (Å²) in [5, 5.41) is 9.28. The number of rotatable bonds is 11. The number of hydrogen-bond donors (Lipinski definition) is 1. The summed E-state index contributed by atoms with van der Waals surface area (Å²) in [4.78, 5) is 16.5. The minimum absolute atomic E-state index is 0.213. The zero-order valence-corrected chi connectivity index (χ0v) is 17.8. The summed E-state index contributed by atoms with van der Waals surface area (Å²) in [5.41, 5.74) is 2.19. The second-order valence-corrected chi connectivity index (χ2v) is 7.11. The molecule has 2 rings (SSSR count). The molecular weight excluding hydrogens is 374 g/mol. The Labute approximate surface area is 180 Å². The van der Waals surface area contributed by atoms with Crippen molar-refractivity contribution in [3.8, 4) is 17.6 Å². The molecule has 0 aliphatic heterocycles. The number of phenols is 1. The molecule has 0 amide bonds. The maximum Gasteiger partial charge on any atom is 0.338 e. The Morgan fingerprint density at radius 2 is 1.60 bits per heavy atom. The predicted molar refractivity (Wildman–Crippen MR) is 122 cm³/mol. The van der Waals surface area contributed by atoms with Crippen LogP contribution in [0.3, 0.4) is 0 Å². The van der Waals surface area contributed by atoms with Crippen LogP contribution in [0.25, 0.3) is 0 Å². The molecule has 0 heterocycles. The Kier molecular flexibility index (Phi) is 10.8. The van der Waals surface area contributed by atoms with E-state index >= 15 is 0 Å². The van der Waals surface area contributed by atoms with Crippen LogP contribution in [0.5, 0.6) is 5.75 Å². The minimum Gasteiger partial charge on any atom is -0.508 e. The number of phenolic OH excluding ortho intramolecular Hbond substituents is 1. The number of nitrogens with zero attached hydrogens (tertiary/aromatic N) is 1. The SMILES string of the molecule is CCC#CCCCCCCCCOC(=O)c1ccc(C=Nc2ccc(O)cc2)cc1. The van der Waals surface area contributed by atoms with E-state index in [1.54, 1.807) is 42.6 Å². The number of aliphatic imine (C=N–C) groups is 1. The fourth-order valence-electron chi connectivity index (χ4n) is 2.88. The third-order valence-corrected chi connectivity index (χ3v) is 4.59. The third kappa shape index (κ3) is 9.43. The average Bonchev–Trinajstić information content (AvgIpc) is 2.77. The first-order valence-electron chi connectivity index (χ1n) is 10.7. The number of esters is 1. The average molecular weight is 406 g/mol. The molecule has 2 aromatic carbocycles. The zero-order chi connectivity index (χ0) is 21.4. The first-order chi connectivity index (χ1) is 14.7. The highest BCUT2D eigenvalue weighted by molar-refractivity contribution is 5.91. The van der Waals surface area contributed by atoms with E-state index in [1.165, 1.54) is 25.7 Å². The van der Waals surface area contributed by atoms with Crippen molar-refractivity contribution in [2.45, 2.75) is 58.3 Å². The second kappa shape index (κ2) is 14.0. The number of aromatic hydroxyl groups is 1. The van der Waals surface area contributed by atoms with Gasteiger partial charge in [-0.3, -0.25) is 4.99 Å². The molecule has 0 bridgehead atoms. The monoisotopic (exact) mass is 405 g/mol. The van der Waals surface area contributed by atoms with E-state index in [0.717, 1.165) is 36.9 Å². The second-order valence-electron chi connectivity index (χ2n) is 7.11. The summed E-state index contributed by atoms with van der Waals surface area (Å²) >= 11 is 0. The largest absolute Gasteiger partial charge is 0.508 e. The third-order valence-electron chi connectivity index (χ3n) is 4.59. The van der Waals surface area contributed by atoms with Crippen molar-refractivity contribution in [3.05, 3.63) is 59.7 Å². The molecule has 0 aromatic heterocycles. The fraction of sp³-hybridized carbons (Fsp3) is 0.385. The molecule has 0 fully saturated rings. The molecule has 0 aliphatic carbocycles. The van der Waals surface area contributed by atoms with Gasteiger partial charge in [-0.2, -0.15) is 0 Å². The van der Waals surface area contributed by atoms with Crippen LogP contribution in [0.15, 0.2) is 53.5 Å². The van der Waals surface area contributed by atoms with Gasteiger partial charge in [-0.1, -0.05) is 44.7 Å². The molecule has 0 saturated heterocycles. The number of carbonyl (C=O) groups is 1. The van der Waals surface area contributed by atoms with Crippen LogP contribution in [0, 0.1) is 11.8 Å². The highest BCUT2D eigenvalue weighted by atomic mass is 16.5. The lowest BCUT2D eigenvalue weighted by molar-refractivity contribution is 0.0497. The Balaban J connectivity index is 1.61. The summed E-state index contributed by atoms with van der Waals surface area (Å²) in [5.74, 6) is 6.19. The van der Waals surface area contributed by atoms with Crippen molar-refractivity contribution in [1.82, 2.24) is 0 Å². The van der Waals surface area contributed by atoms with Gasteiger partial charge >= 0.3 is 5.97 Å². The van der Waals surface area contributed by atoms with Crippen LogP contribution in [0.2, 0.25) is 0 Å². The Bertz CT molecular complexity index is 843. The molecule has 0 unspecified atom stereocenters. The highest BCUT2D eigenvalue weighted by Gasteiger charge is 2.06. The summed E-state index contributed by atoms with van der Waals surface area (Å²) in [6.45, 7) is 2.54. The lowest BCUT2D eigenvalue weighted by atomic mass is 10.1. The maximum atomic E-state index is 12.1. The molecule has 4 heteroatoms. The summed E-state index contributed by atoms with van der Waals surface area (Å²) in [6, 6.07) is 13.8. The maximum absolute atomic E-state index is 12.1. The molecule has 0 saturated carbocycles. The van der Waals surface area contributed by atoms with E-state index in [9.17, 15) is 9.90 Å². The van der Waals surface area contributed by atoms with Gasteiger partial charge in [0.25, 0.3) is 0 Å². The van der Waals surface area contributed by atoms with Gasteiger partial charge in [0.2, 0.25) is 0 Å². The van der Waals surface area contributed by atoms with E-state index in [-0.39, 0.29) is 11.7 Å². The molecule has 0 spiro atoms. The van der Waals surface area contributed by atoms with Crippen molar-refractivity contribution in [3.63, 3.8) is 0 Å². The number of ether oxygens (including phenoxy) is 1. The van der Waals surface area contributed by atoms with Crippen molar-refractivity contribution < 1.29 is 14.6 Å². The minimum atomic E-state index is -0.286. The van der Waals surface area contributed by atoms with Crippen LogP contribution in [-0.2, 0) is 4.74 Å². The van der Waals surface area contributed by atoms with Gasteiger partial charge in [0.15, 0.2) is 0 Å². The van der Waals surface area contributed by atoms with E-state index in [4.69, 9.17) is 4.74 Å². The fourth-order valence-corrected chi connectivity index (χ4v) is 2.88. The zero-order valence-electron chi connectivity index (χ0n) is 17.8. The molecule has 2 aromatic rings. The molecule has 158 valence electrons. The van der Waals surface area contributed by atoms with Gasteiger partial charge in [0.05, 0.1) is 17.9 Å². The quantitative estimate of drug-likeness (QED) is 0.202. The molecule has 0 aliphatic rings. The van der Waals surface area contributed by atoms with Gasteiger partial charge in [-0.05, 0) is 54.8 Å². The van der Waals surface area contributed by atoms with E-state index < -0.39 is 0 Å². The van der Waals surface area contributed by atoms with Crippen LogP contribution in [0.1, 0.15) is 74.2 Å². The highest BCUT2D eigenvalue weighted by Crippen LogP contribution is 2.16. The van der Waals surface area contributed by atoms with Crippen LogP contribution in [0.4, 0.5) is 5.69 Å². The predicted octanol–water partition coefficient (Wildman–Crippen LogP) is 6.44. The Morgan fingerprint density at radius 3 is 2.30 bits per heavy atom. The van der Waals surface area contributed by atoms with Crippen LogP contribution >= 0.6 is 0 Å². The summed E-state index contributed by atoms with van der Waals surface area (Å²) in [6.07, 6.45) is 10.4. The van der Waals surface area contributed by atoms with Gasteiger partial charge < -0.3 is 9.84 Å². The Hall–Kier alpha value is -3.06.